The molecule has 0 aliphatic heterocycles. The molecule has 23 heavy (non-hydrogen) atoms. The number of hydrogen-bond donors (Lipinski definition) is 2. The SMILES string of the molecule is CCC(O)CCCCCCCCCCC=CC=CC=CC(=O)O. The molecule has 0 aliphatic carbocycles. The summed E-state index contributed by atoms with van der Waals surface area (Å²) in [5.41, 5.74) is 0. The van der Waals surface area contributed by atoms with E-state index in [1.54, 1.807) is 6.08 Å². The summed E-state index contributed by atoms with van der Waals surface area (Å²) < 4.78 is 0. The van der Waals surface area contributed by atoms with Crippen molar-refractivity contribution in [2.45, 2.75) is 83.7 Å². The molecule has 1 unspecified atom stereocenters. The van der Waals surface area contributed by atoms with Crippen LogP contribution in [-0.4, -0.2) is 22.3 Å². The Labute approximate surface area is 141 Å². The lowest BCUT2D eigenvalue weighted by atomic mass is 10.0. The number of carboxylic acids is 1. The zero-order chi connectivity index (χ0) is 17.2. The number of aliphatic hydroxyl groups excluding tert-OH is 1. The van der Waals surface area contributed by atoms with Crippen molar-refractivity contribution in [3.8, 4) is 0 Å². The summed E-state index contributed by atoms with van der Waals surface area (Å²) in [6, 6.07) is 0. The number of aliphatic hydroxyl groups is 1. The molecule has 0 rings (SSSR count). The molecule has 0 bridgehead atoms. The Kier molecular flexibility index (Phi) is 16.0. The highest BCUT2D eigenvalue weighted by molar-refractivity contribution is 5.80. The van der Waals surface area contributed by atoms with E-state index in [1.807, 2.05) is 19.1 Å². The van der Waals surface area contributed by atoms with Gasteiger partial charge in [-0.1, -0.05) is 82.2 Å². The molecule has 1 atom stereocenters. The van der Waals surface area contributed by atoms with Gasteiger partial charge in [0.1, 0.15) is 0 Å². The van der Waals surface area contributed by atoms with Crippen LogP contribution in [0.4, 0.5) is 0 Å². The second-order valence-corrected chi connectivity index (χ2v) is 5.98. The highest BCUT2D eigenvalue weighted by atomic mass is 16.4. The lowest BCUT2D eigenvalue weighted by Gasteiger charge is -2.06. The van der Waals surface area contributed by atoms with Crippen molar-refractivity contribution in [1.82, 2.24) is 0 Å². The van der Waals surface area contributed by atoms with Gasteiger partial charge in [-0.25, -0.2) is 4.79 Å². The fourth-order valence-corrected chi connectivity index (χ4v) is 2.35. The monoisotopic (exact) mass is 322 g/mol. The summed E-state index contributed by atoms with van der Waals surface area (Å²) in [7, 11) is 0. The first-order chi connectivity index (χ1) is 11.2. The van der Waals surface area contributed by atoms with Crippen LogP contribution in [0, 0.1) is 0 Å². The molecular weight excluding hydrogens is 288 g/mol. The van der Waals surface area contributed by atoms with Crippen LogP contribution in [0.3, 0.4) is 0 Å². The van der Waals surface area contributed by atoms with Gasteiger partial charge < -0.3 is 10.2 Å². The van der Waals surface area contributed by atoms with E-state index in [0.29, 0.717) is 0 Å². The number of aliphatic carboxylic acids is 1. The molecule has 132 valence electrons. The van der Waals surface area contributed by atoms with Gasteiger partial charge in [0.15, 0.2) is 0 Å². The van der Waals surface area contributed by atoms with Gasteiger partial charge >= 0.3 is 5.97 Å². The molecule has 0 radical (unpaired) electrons. The normalized spacial score (nSPS) is 13.5. The Balaban J connectivity index is 3.26. The lowest BCUT2D eigenvalue weighted by molar-refractivity contribution is -0.131. The standard InChI is InChI=1S/C20H34O3/c1-2-19(21)17-15-13-11-9-7-5-3-4-6-8-10-12-14-16-18-20(22)23/h8,10,12,14,16,18-19,21H,2-7,9,11,13,15,17H2,1H3,(H,22,23). The maximum absolute atomic E-state index is 10.2. The molecule has 0 aromatic carbocycles. The van der Waals surface area contributed by atoms with E-state index in [9.17, 15) is 9.90 Å². The minimum Gasteiger partial charge on any atom is -0.478 e. The average Bonchev–Trinajstić information content (AvgIpc) is 2.53. The Morgan fingerprint density at radius 2 is 1.43 bits per heavy atom. The van der Waals surface area contributed by atoms with Gasteiger partial charge in [-0.15, -0.1) is 0 Å². The molecule has 0 spiro atoms. The quantitative estimate of drug-likeness (QED) is 0.241. The van der Waals surface area contributed by atoms with Crippen LogP contribution < -0.4 is 0 Å². The summed E-state index contributed by atoms with van der Waals surface area (Å²) in [5.74, 6) is -0.919. The van der Waals surface area contributed by atoms with Crippen molar-refractivity contribution in [2.75, 3.05) is 0 Å². The van der Waals surface area contributed by atoms with Crippen molar-refractivity contribution in [2.24, 2.45) is 0 Å². The Hall–Kier alpha value is -1.35. The van der Waals surface area contributed by atoms with Crippen LogP contribution in [0.1, 0.15) is 77.6 Å². The Morgan fingerprint density at radius 1 is 0.870 bits per heavy atom. The van der Waals surface area contributed by atoms with E-state index in [-0.39, 0.29) is 6.10 Å². The molecular formula is C20H34O3. The number of carboxylic acid groups (broad SMARTS) is 1. The molecule has 0 aromatic rings. The van der Waals surface area contributed by atoms with Gasteiger partial charge in [0.05, 0.1) is 6.10 Å². The number of unbranched alkanes of at least 4 members (excludes halogenated alkanes) is 8. The zero-order valence-electron chi connectivity index (χ0n) is 14.6. The predicted molar refractivity (Wildman–Crippen MR) is 97.5 cm³/mol. The fraction of sp³-hybridized carbons (Fsp3) is 0.650. The van der Waals surface area contributed by atoms with Crippen LogP contribution in [-0.2, 0) is 4.79 Å². The first-order valence-electron chi connectivity index (χ1n) is 9.07. The number of hydrogen-bond acceptors (Lipinski definition) is 2. The van der Waals surface area contributed by atoms with Gasteiger partial charge in [-0.05, 0) is 25.7 Å². The first kappa shape index (κ1) is 21.6. The number of allylic oxidation sites excluding steroid dienone is 5. The minimum absolute atomic E-state index is 0.0916. The second kappa shape index (κ2) is 17.0. The fourth-order valence-electron chi connectivity index (χ4n) is 2.35. The van der Waals surface area contributed by atoms with E-state index >= 15 is 0 Å². The summed E-state index contributed by atoms with van der Waals surface area (Å²) in [5, 5.41) is 17.8. The van der Waals surface area contributed by atoms with Gasteiger partial charge in [0.25, 0.3) is 0 Å². The second-order valence-electron chi connectivity index (χ2n) is 5.98. The zero-order valence-corrected chi connectivity index (χ0v) is 14.6. The average molecular weight is 322 g/mol. The highest BCUT2D eigenvalue weighted by Crippen LogP contribution is 2.12. The van der Waals surface area contributed by atoms with E-state index in [0.717, 1.165) is 31.8 Å². The summed E-state index contributed by atoms with van der Waals surface area (Å²) in [6.45, 7) is 2.03. The molecule has 0 amide bonds. The molecule has 0 saturated heterocycles. The summed E-state index contributed by atoms with van der Waals surface area (Å²) in [6.07, 6.45) is 23.3. The third-order valence-corrected chi connectivity index (χ3v) is 3.84. The number of carbonyl (C=O) groups is 1. The van der Waals surface area contributed by atoms with Crippen LogP contribution >= 0.6 is 0 Å². The highest BCUT2D eigenvalue weighted by Gasteiger charge is 1.99. The van der Waals surface area contributed by atoms with E-state index in [2.05, 4.69) is 6.08 Å². The van der Waals surface area contributed by atoms with Crippen molar-refractivity contribution in [3.63, 3.8) is 0 Å². The molecule has 0 aliphatic rings. The van der Waals surface area contributed by atoms with Crippen LogP contribution in [0.2, 0.25) is 0 Å². The first-order valence-corrected chi connectivity index (χ1v) is 9.07. The van der Waals surface area contributed by atoms with Crippen molar-refractivity contribution in [3.05, 3.63) is 36.5 Å². The van der Waals surface area contributed by atoms with Crippen LogP contribution in [0.15, 0.2) is 36.5 Å². The summed E-state index contributed by atoms with van der Waals surface area (Å²) in [4.78, 5) is 10.2. The third kappa shape index (κ3) is 18.6. The van der Waals surface area contributed by atoms with Crippen molar-refractivity contribution < 1.29 is 15.0 Å². The topological polar surface area (TPSA) is 57.5 Å². The summed E-state index contributed by atoms with van der Waals surface area (Å²) >= 11 is 0. The van der Waals surface area contributed by atoms with Crippen molar-refractivity contribution in [1.29, 1.82) is 0 Å². The molecule has 0 aromatic heterocycles. The van der Waals surface area contributed by atoms with E-state index < -0.39 is 5.97 Å². The smallest absolute Gasteiger partial charge is 0.328 e. The molecule has 0 heterocycles. The molecule has 0 saturated carbocycles. The van der Waals surface area contributed by atoms with Gasteiger partial charge in [0.2, 0.25) is 0 Å². The van der Waals surface area contributed by atoms with E-state index in [4.69, 9.17) is 5.11 Å². The van der Waals surface area contributed by atoms with Gasteiger partial charge in [-0.2, -0.15) is 0 Å². The maximum Gasteiger partial charge on any atom is 0.328 e. The maximum atomic E-state index is 10.2. The van der Waals surface area contributed by atoms with Crippen LogP contribution in [0.5, 0.6) is 0 Å². The van der Waals surface area contributed by atoms with Crippen molar-refractivity contribution >= 4 is 5.97 Å². The van der Waals surface area contributed by atoms with E-state index in [1.165, 1.54) is 51.0 Å². The van der Waals surface area contributed by atoms with Crippen LogP contribution in [0.25, 0.3) is 0 Å². The predicted octanol–water partition coefficient (Wildman–Crippen LogP) is 5.41. The lowest BCUT2D eigenvalue weighted by Crippen LogP contribution is -2.03. The minimum atomic E-state index is -0.919. The molecule has 3 nitrogen and oxygen atoms in total. The Bertz CT molecular complexity index is 356. The number of rotatable bonds is 15. The third-order valence-electron chi connectivity index (χ3n) is 3.84. The van der Waals surface area contributed by atoms with Gasteiger partial charge in [0, 0.05) is 6.08 Å². The largest absolute Gasteiger partial charge is 0.478 e. The molecule has 0 fully saturated rings. The Morgan fingerprint density at radius 3 is 2.04 bits per heavy atom. The molecule has 3 heteroatoms. The van der Waals surface area contributed by atoms with Gasteiger partial charge in [-0.3, -0.25) is 0 Å². The molecule has 2 N–H and O–H groups in total.